The number of hydrogen-bond acceptors (Lipinski definition) is 3. The predicted octanol–water partition coefficient (Wildman–Crippen LogP) is 2.37. The van der Waals surface area contributed by atoms with Crippen molar-refractivity contribution in [2.45, 2.75) is 0 Å². The van der Waals surface area contributed by atoms with E-state index in [0.29, 0.717) is 20.4 Å². The number of carboxylic acids is 1. The van der Waals surface area contributed by atoms with Crippen molar-refractivity contribution < 1.29 is 19.4 Å². The minimum atomic E-state index is -0.883. The van der Waals surface area contributed by atoms with Crippen LogP contribution in [0.1, 0.15) is 9.23 Å². The van der Waals surface area contributed by atoms with Gasteiger partial charge in [0.25, 0.3) is 0 Å². The van der Waals surface area contributed by atoms with Gasteiger partial charge in [-0.25, -0.2) is 0 Å². The third-order valence-electron chi connectivity index (χ3n) is 2.33. The summed E-state index contributed by atoms with van der Waals surface area (Å²) in [7, 11) is 3.12. The third-order valence-corrected chi connectivity index (χ3v) is 6.14. The molecular weight excluding hydrogens is 355 g/mol. The summed E-state index contributed by atoms with van der Waals surface area (Å²) < 4.78 is 12.4. The molecule has 0 aliphatic heterocycles. The Bertz CT molecular complexity index is 591. The van der Waals surface area contributed by atoms with Gasteiger partial charge in [0, 0.05) is 0 Å². The molecule has 1 aromatic heterocycles. The molecule has 6 heteroatoms. The van der Waals surface area contributed by atoms with Crippen molar-refractivity contribution in [1.29, 1.82) is 0 Å². The van der Waals surface area contributed by atoms with Crippen LogP contribution in [0, 0.1) is 0 Å². The van der Waals surface area contributed by atoms with Crippen LogP contribution >= 0.6 is 15.9 Å². The van der Waals surface area contributed by atoms with Gasteiger partial charge in [-0.15, -0.1) is 0 Å². The number of carbonyl (C=O) groups is 1. The Morgan fingerprint density at radius 1 is 1.29 bits per heavy atom. The molecule has 90 valence electrons. The first-order valence-corrected chi connectivity index (χ1v) is 7.16. The summed E-state index contributed by atoms with van der Waals surface area (Å²) in [5.41, 5.74) is 0. The van der Waals surface area contributed by atoms with Crippen LogP contribution in [0.3, 0.4) is 0 Å². The van der Waals surface area contributed by atoms with E-state index in [0.717, 1.165) is 9.65 Å². The number of methoxy groups -OCH3 is 2. The number of halogens is 1. The zero-order chi connectivity index (χ0) is 12.6. The second-order valence-electron chi connectivity index (χ2n) is 3.25. The zero-order valence-electron chi connectivity index (χ0n) is 9.11. The van der Waals surface area contributed by atoms with Crippen molar-refractivity contribution in [3.8, 4) is 11.5 Å². The predicted molar refractivity (Wildman–Crippen MR) is 68.7 cm³/mol. The van der Waals surface area contributed by atoms with Crippen LogP contribution < -0.4 is 9.47 Å². The summed E-state index contributed by atoms with van der Waals surface area (Å²) in [4.78, 5) is 11.1. The van der Waals surface area contributed by atoms with Crippen molar-refractivity contribution in [3.05, 3.63) is 21.0 Å². The fraction of sp³-hybridized carbons (Fsp3) is 0.182. The van der Waals surface area contributed by atoms with Gasteiger partial charge < -0.3 is 0 Å². The zero-order valence-corrected chi connectivity index (χ0v) is 12.4. The van der Waals surface area contributed by atoms with E-state index in [4.69, 9.17) is 14.6 Å². The van der Waals surface area contributed by atoms with E-state index in [1.807, 2.05) is 6.07 Å². The number of hydrogen-bond donors (Lipinski definition) is 1. The van der Waals surface area contributed by atoms with E-state index >= 15 is 0 Å². The molecule has 0 aliphatic rings. The fourth-order valence-corrected chi connectivity index (χ4v) is 4.72. The van der Waals surface area contributed by atoms with Crippen molar-refractivity contribution >= 4 is 46.0 Å². The molecule has 4 nitrogen and oxygen atoms in total. The number of benzene rings is 1. The topological polar surface area (TPSA) is 55.8 Å². The molecule has 0 unspecified atom stereocenters. The van der Waals surface area contributed by atoms with E-state index in [1.54, 1.807) is 20.3 Å². The Labute approximate surface area is 112 Å². The van der Waals surface area contributed by atoms with E-state index in [9.17, 15) is 4.79 Å². The summed E-state index contributed by atoms with van der Waals surface area (Å²) in [5, 5.41) is 9.95. The Balaban J connectivity index is 2.75. The summed E-state index contributed by atoms with van der Waals surface area (Å²) in [6.45, 7) is 0. The molecule has 0 spiro atoms. The molecular formula is C11H9BrO4Se. The molecule has 17 heavy (non-hydrogen) atoms. The van der Waals surface area contributed by atoms with Crippen molar-refractivity contribution in [2.24, 2.45) is 0 Å². The van der Waals surface area contributed by atoms with Crippen LogP contribution in [-0.4, -0.2) is 39.8 Å². The minimum absolute atomic E-state index is 0.209. The molecule has 1 aromatic carbocycles. The normalized spacial score (nSPS) is 10.5. The Hall–Kier alpha value is -0.971. The van der Waals surface area contributed by atoms with E-state index in [1.165, 1.54) is 0 Å². The van der Waals surface area contributed by atoms with Crippen LogP contribution in [0.25, 0.3) is 9.65 Å². The van der Waals surface area contributed by atoms with E-state index in [-0.39, 0.29) is 14.5 Å². The Morgan fingerprint density at radius 2 is 1.88 bits per heavy atom. The van der Waals surface area contributed by atoms with Gasteiger partial charge in [0.05, 0.1) is 0 Å². The van der Waals surface area contributed by atoms with Crippen LogP contribution in [0.5, 0.6) is 11.5 Å². The summed E-state index contributed by atoms with van der Waals surface area (Å²) in [6, 6.07) is 3.64. The van der Waals surface area contributed by atoms with Gasteiger partial charge >= 0.3 is 112 Å². The average molecular weight is 364 g/mol. The molecule has 1 N–H and O–H groups in total. The van der Waals surface area contributed by atoms with Gasteiger partial charge in [-0.05, 0) is 0 Å². The van der Waals surface area contributed by atoms with E-state index in [2.05, 4.69) is 15.9 Å². The molecule has 0 atom stereocenters. The second-order valence-corrected chi connectivity index (χ2v) is 6.25. The van der Waals surface area contributed by atoms with Crippen LogP contribution in [0.4, 0.5) is 0 Å². The molecule has 2 aromatic rings. The van der Waals surface area contributed by atoms with Gasteiger partial charge in [0.1, 0.15) is 0 Å². The standard InChI is InChI=1S/C11H9BrO4Se/c1-15-6-3-5-8(4-7(6)16-2)17-10(9(5)12)11(13)14/h3-4H,1-2H3,(H,13,14). The maximum atomic E-state index is 11.1. The number of aromatic carboxylic acids is 1. The molecule has 0 aliphatic carbocycles. The molecule has 0 radical (unpaired) electrons. The molecule has 0 saturated carbocycles. The summed E-state index contributed by atoms with van der Waals surface area (Å²) in [6.07, 6.45) is 0. The first kappa shape index (κ1) is 12.5. The average Bonchev–Trinajstić information content (AvgIpc) is 2.64. The maximum absolute atomic E-state index is 11.1. The van der Waals surface area contributed by atoms with Crippen molar-refractivity contribution in [1.82, 2.24) is 0 Å². The first-order chi connectivity index (χ1) is 8.08. The Kier molecular flexibility index (Phi) is 3.47. The molecule has 1 heterocycles. The fourth-order valence-electron chi connectivity index (χ4n) is 1.53. The van der Waals surface area contributed by atoms with Crippen molar-refractivity contribution in [3.63, 3.8) is 0 Å². The van der Waals surface area contributed by atoms with Crippen LogP contribution in [0.15, 0.2) is 16.6 Å². The molecule has 0 amide bonds. The van der Waals surface area contributed by atoms with Crippen LogP contribution in [0.2, 0.25) is 0 Å². The van der Waals surface area contributed by atoms with Crippen molar-refractivity contribution in [2.75, 3.05) is 14.2 Å². The Morgan fingerprint density at radius 3 is 2.41 bits per heavy atom. The van der Waals surface area contributed by atoms with Crippen LogP contribution in [-0.2, 0) is 0 Å². The van der Waals surface area contributed by atoms with Gasteiger partial charge in [0.2, 0.25) is 0 Å². The SMILES string of the molecule is COc1cc2[se]c(C(=O)O)c(Br)c2cc1OC. The number of fused-ring (bicyclic) bond motifs is 1. The van der Waals surface area contributed by atoms with Gasteiger partial charge in [-0.1, -0.05) is 0 Å². The second kappa shape index (κ2) is 4.72. The number of ether oxygens (including phenoxy) is 2. The first-order valence-electron chi connectivity index (χ1n) is 4.65. The van der Waals surface area contributed by atoms with Gasteiger partial charge in [-0.3, -0.25) is 0 Å². The van der Waals surface area contributed by atoms with Gasteiger partial charge in [0.15, 0.2) is 0 Å². The molecule has 2 rings (SSSR count). The number of rotatable bonds is 3. The third kappa shape index (κ3) is 2.08. The van der Waals surface area contributed by atoms with Gasteiger partial charge in [-0.2, -0.15) is 0 Å². The summed E-state index contributed by atoms with van der Waals surface area (Å²) in [5.74, 6) is 0.344. The molecule has 0 fully saturated rings. The molecule has 0 saturated heterocycles. The molecule has 0 bridgehead atoms. The summed E-state index contributed by atoms with van der Waals surface area (Å²) >= 11 is 3.12. The monoisotopic (exact) mass is 364 g/mol. The quantitative estimate of drug-likeness (QED) is 0.850. The van der Waals surface area contributed by atoms with E-state index < -0.39 is 5.97 Å². The number of carboxylic acid groups (broad SMARTS) is 1.